The van der Waals surface area contributed by atoms with Gasteiger partial charge in [0.2, 0.25) is 5.96 Å². The lowest BCUT2D eigenvalue weighted by molar-refractivity contribution is 0.254. The first-order valence-corrected chi connectivity index (χ1v) is 16.0. The molecule has 4 heterocycles. The van der Waals surface area contributed by atoms with E-state index in [1.165, 1.54) is 16.7 Å². The van der Waals surface area contributed by atoms with Crippen molar-refractivity contribution in [1.29, 1.82) is 0 Å². The zero-order valence-corrected chi connectivity index (χ0v) is 24.9. The van der Waals surface area contributed by atoms with Crippen LogP contribution in [0.5, 0.6) is 5.75 Å². The molecule has 2 fully saturated rings. The summed E-state index contributed by atoms with van der Waals surface area (Å²) in [5, 5.41) is 10.5. The third-order valence-corrected chi connectivity index (χ3v) is 10.7. The Kier molecular flexibility index (Phi) is 6.74. The fourth-order valence-corrected chi connectivity index (χ4v) is 7.34. The molecule has 3 aliphatic heterocycles. The molecule has 0 amide bonds. The van der Waals surface area contributed by atoms with Gasteiger partial charge in [0.25, 0.3) is 0 Å². The van der Waals surface area contributed by atoms with E-state index in [-0.39, 0.29) is 17.2 Å². The fourth-order valence-electron chi connectivity index (χ4n) is 6.16. The normalized spacial score (nSPS) is 25.5. The molecule has 6 rings (SSSR count). The summed E-state index contributed by atoms with van der Waals surface area (Å²) >= 11 is 0. The Morgan fingerprint density at radius 3 is 2.62 bits per heavy atom. The predicted molar refractivity (Wildman–Crippen MR) is 156 cm³/mol. The number of aryl methyl sites for hydroxylation is 1. The molecule has 0 radical (unpaired) electrons. The molecule has 2 unspecified atom stereocenters. The molecule has 1 aromatic heterocycles. The highest BCUT2D eigenvalue weighted by Gasteiger charge is 2.40. The van der Waals surface area contributed by atoms with Crippen LogP contribution in [0.3, 0.4) is 0 Å². The van der Waals surface area contributed by atoms with Crippen LogP contribution in [0.25, 0.3) is 0 Å². The number of nitrogens with one attached hydrogen (secondary N) is 2. The number of anilines is 1. The van der Waals surface area contributed by atoms with Gasteiger partial charge in [-0.25, -0.2) is 13.4 Å². The Balaban J connectivity index is 1.36. The van der Waals surface area contributed by atoms with Gasteiger partial charge in [-0.2, -0.15) is 5.10 Å². The topological polar surface area (TPSA) is 127 Å². The van der Waals surface area contributed by atoms with Crippen molar-refractivity contribution in [3.05, 3.63) is 46.8 Å². The van der Waals surface area contributed by atoms with Gasteiger partial charge in [0, 0.05) is 24.4 Å². The number of rotatable bonds is 6. The van der Waals surface area contributed by atoms with Crippen molar-refractivity contribution in [2.24, 2.45) is 10.7 Å². The lowest BCUT2D eigenvalue weighted by Crippen LogP contribution is -2.42. The van der Waals surface area contributed by atoms with Crippen molar-refractivity contribution in [3.8, 4) is 5.75 Å². The number of aromatic nitrogens is 2. The fraction of sp³-hybridized carbons (Fsp3) is 0.586. The van der Waals surface area contributed by atoms with Crippen LogP contribution in [0.1, 0.15) is 80.7 Å². The molecule has 1 saturated carbocycles. The first-order valence-electron chi connectivity index (χ1n) is 14.4. The highest BCUT2D eigenvalue weighted by atomic mass is 32.2. The summed E-state index contributed by atoms with van der Waals surface area (Å²) in [7, 11) is -1.49. The molecule has 2 atom stereocenters. The molecular formula is C29H41N7O3S. The Labute approximate surface area is 237 Å². The van der Waals surface area contributed by atoms with Gasteiger partial charge >= 0.3 is 0 Å². The molecule has 4 N–H and O–H groups in total. The van der Waals surface area contributed by atoms with E-state index in [4.69, 9.17) is 15.5 Å². The van der Waals surface area contributed by atoms with Crippen molar-refractivity contribution in [3.63, 3.8) is 0 Å². The average molecular weight is 568 g/mol. The first kappa shape index (κ1) is 27.3. The number of likely N-dealkylation sites (tertiary alicyclic amines) is 1. The standard InChI is InChI=1S/C29H41N7O3S/c1-17(2)40(37,38)27-23(16-36(34-27)21-6-7-21)29(30)10-11-31-28(33-29)32-24-14-18(3)25(20-8-12-35(5)13-9-20)22-15-19(4)39-26(22)24/h10-11,14,16-17,19-21H,6-9,12-13,15,30H2,1-5H3,(H2,31,32,33). The molecule has 4 aliphatic rings. The maximum atomic E-state index is 13.3. The van der Waals surface area contributed by atoms with Crippen LogP contribution >= 0.6 is 0 Å². The molecule has 10 nitrogen and oxygen atoms in total. The van der Waals surface area contributed by atoms with Gasteiger partial charge in [0.15, 0.2) is 20.5 Å². The summed E-state index contributed by atoms with van der Waals surface area (Å²) in [6.45, 7) is 9.81. The molecule has 1 aliphatic carbocycles. The van der Waals surface area contributed by atoms with Crippen LogP contribution in [-0.2, 0) is 21.9 Å². The molecule has 2 aromatic rings. The van der Waals surface area contributed by atoms with E-state index >= 15 is 0 Å². The van der Waals surface area contributed by atoms with E-state index in [0.717, 1.165) is 56.6 Å². The molecular weight excluding hydrogens is 526 g/mol. The largest absolute Gasteiger partial charge is 0.488 e. The van der Waals surface area contributed by atoms with Gasteiger partial charge in [-0.1, -0.05) is 0 Å². The zero-order chi connectivity index (χ0) is 28.4. The van der Waals surface area contributed by atoms with Crippen LogP contribution in [0.2, 0.25) is 0 Å². The van der Waals surface area contributed by atoms with Crippen molar-refractivity contribution in [2.45, 2.75) is 93.8 Å². The number of hydrogen-bond donors (Lipinski definition) is 3. The van der Waals surface area contributed by atoms with Crippen molar-refractivity contribution in [2.75, 3.05) is 25.5 Å². The number of fused-ring (bicyclic) bond motifs is 1. The second-order valence-electron chi connectivity index (χ2n) is 12.2. The summed E-state index contributed by atoms with van der Waals surface area (Å²) < 4.78 is 34.7. The van der Waals surface area contributed by atoms with Crippen LogP contribution in [0.4, 0.5) is 5.69 Å². The number of ether oxygens (including phenoxy) is 1. The number of benzene rings is 1. The van der Waals surface area contributed by atoms with Crippen LogP contribution in [0, 0.1) is 6.92 Å². The van der Waals surface area contributed by atoms with Gasteiger partial charge in [-0.15, -0.1) is 0 Å². The second-order valence-corrected chi connectivity index (χ2v) is 14.6. The Morgan fingerprint density at radius 1 is 1.23 bits per heavy atom. The van der Waals surface area contributed by atoms with E-state index in [0.29, 0.717) is 17.4 Å². The molecule has 40 heavy (non-hydrogen) atoms. The minimum absolute atomic E-state index is 0.00271. The molecule has 11 heteroatoms. The van der Waals surface area contributed by atoms with Gasteiger partial charge in [-0.05, 0) is 103 Å². The zero-order valence-electron chi connectivity index (χ0n) is 24.1. The summed E-state index contributed by atoms with van der Waals surface area (Å²) in [6, 6.07) is 2.35. The summed E-state index contributed by atoms with van der Waals surface area (Å²) in [5.74, 6) is 1.83. The number of sulfone groups is 1. The number of hydrogen-bond acceptors (Lipinski definition) is 9. The maximum absolute atomic E-state index is 13.3. The van der Waals surface area contributed by atoms with Crippen LogP contribution < -0.4 is 21.1 Å². The predicted octanol–water partition coefficient (Wildman–Crippen LogP) is 3.54. The minimum atomic E-state index is -3.67. The number of aliphatic imine (C=N–C) groups is 1. The molecule has 216 valence electrons. The molecule has 0 spiro atoms. The van der Waals surface area contributed by atoms with E-state index in [1.54, 1.807) is 37.0 Å². The van der Waals surface area contributed by atoms with Gasteiger partial charge in [-0.3, -0.25) is 10.4 Å². The first-order chi connectivity index (χ1) is 19.0. The van der Waals surface area contributed by atoms with Gasteiger partial charge in [0.1, 0.15) is 11.9 Å². The highest BCUT2D eigenvalue weighted by molar-refractivity contribution is 7.92. The van der Waals surface area contributed by atoms with E-state index in [1.807, 2.05) is 0 Å². The van der Waals surface area contributed by atoms with E-state index in [9.17, 15) is 8.42 Å². The van der Waals surface area contributed by atoms with E-state index < -0.39 is 20.8 Å². The minimum Gasteiger partial charge on any atom is -0.488 e. The molecule has 1 saturated heterocycles. The van der Waals surface area contributed by atoms with Crippen molar-refractivity contribution < 1.29 is 13.2 Å². The average Bonchev–Trinajstić information content (AvgIpc) is 3.50. The quantitative estimate of drug-likeness (QED) is 0.484. The van der Waals surface area contributed by atoms with E-state index in [2.05, 4.69) is 47.6 Å². The van der Waals surface area contributed by atoms with Gasteiger partial charge in [0.05, 0.1) is 22.5 Å². The maximum Gasteiger partial charge on any atom is 0.202 e. The van der Waals surface area contributed by atoms with Crippen molar-refractivity contribution in [1.82, 2.24) is 20.0 Å². The van der Waals surface area contributed by atoms with Crippen LogP contribution in [-0.4, -0.2) is 60.5 Å². The SMILES string of the molecule is Cc1cc(NC2=NC(N)(c3cn(C4CC4)nc3S(=O)(=O)C(C)C)C=CN2)c2c(c1C1CCN(C)CC1)CC(C)O2. The molecule has 1 aromatic carbocycles. The Hall–Kier alpha value is -2.89. The summed E-state index contributed by atoms with van der Waals surface area (Å²) in [4.78, 5) is 7.20. The van der Waals surface area contributed by atoms with Crippen LogP contribution in [0.15, 0.2) is 34.6 Å². The summed E-state index contributed by atoms with van der Waals surface area (Å²) in [5.41, 5.74) is 10.6. The Bertz CT molecular complexity index is 1480. The molecule has 0 bridgehead atoms. The highest BCUT2D eigenvalue weighted by Crippen LogP contribution is 2.45. The lowest BCUT2D eigenvalue weighted by atomic mass is 9.82. The number of piperidine rings is 1. The number of nitrogens with two attached hydrogens (primary N) is 1. The lowest BCUT2D eigenvalue weighted by Gasteiger charge is -2.31. The van der Waals surface area contributed by atoms with Crippen molar-refractivity contribution >= 4 is 21.5 Å². The number of nitrogens with zero attached hydrogens (tertiary/aromatic N) is 4. The third kappa shape index (κ3) is 4.81. The Morgan fingerprint density at radius 2 is 1.95 bits per heavy atom. The monoisotopic (exact) mass is 567 g/mol. The summed E-state index contributed by atoms with van der Waals surface area (Å²) in [6.07, 6.45) is 10.4. The van der Waals surface area contributed by atoms with Gasteiger partial charge < -0.3 is 20.3 Å². The smallest absolute Gasteiger partial charge is 0.202 e. The third-order valence-electron chi connectivity index (χ3n) is 8.61. The second kappa shape index (κ2) is 9.88. The number of guanidine groups is 1.